The van der Waals surface area contributed by atoms with Crippen LogP contribution in [0.15, 0.2) is 18.2 Å². The van der Waals surface area contributed by atoms with Gasteiger partial charge in [-0.25, -0.2) is 0 Å². The number of carbonyl (C=O) groups excluding carboxylic acids is 1. The zero-order valence-electron chi connectivity index (χ0n) is 13.7. The Morgan fingerprint density at radius 1 is 1.24 bits per heavy atom. The molecule has 0 unspecified atom stereocenters. The van der Waals surface area contributed by atoms with E-state index < -0.39 is 0 Å². The van der Waals surface area contributed by atoms with Gasteiger partial charge in [0.05, 0.1) is 12.8 Å². The van der Waals surface area contributed by atoms with Gasteiger partial charge in [0.15, 0.2) is 0 Å². The number of nitrogens with one attached hydrogen (secondary N) is 1. The Labute approximate surface area is 128 Å². The largest absolute Gasteiger partial charge is 0.495 e. The van der Waals surface area contributed by atoms with Crippen molar-refractivity contribution >= 4 is 11.6 Å². The molecule has 0 aromatic heterocycles. The number of hydrogen-bond donors (Lipinski definition) is 1. The SMILES string of the molecule is CCc1ccc(OC)c(NC(=O)CCCN(CC)CC)c1. The van der Waals surface area contributed by atoms with Crippen molar-refractivity contribution in [1.29, 1.82) is 0 Å². The molecule has 0 spiro atoms. The van der Waals surface area contributed by atoms with Crippen LogP contribution in [0.4, 0.5) is 5.69 Å². The number of benzene rings is 1. The number of amides is 1. The van der Waals surface area contributed by atoms with Crippen molar-refractivity contribution in [2.24, 2.45) is 0 Å². The number of aryl methyl sites for hydroxylation is 1. The molecule has 1 amide bonds. The topological polar surface area (TPSA) is 41.6 Å². The Bertz CT molecular complexity index is 442. The Hall–Kier alpha value is -1.55. The maximum absolute atomic E-state index is 12.1. The van der Waals surface area contributed by atoms with E-state index in [0.29, 0.717) is 12.2 Å². The Balaban J connectivity index is 2.54. The van der Waals surface area contributed by atoms with Crippen molar-refractivity contribution in [1.82, 2.24) is 4.90 Å². The average Bonchev–Trinajstić information content (AvgIpc) is 2.51. The molecule has 0 fully saturated rings. The van der Waals surface area contributed by atoms with E-state index in [0.717, 1.165) is 38.2 Å². The first-order valence-electron chi connectivity index (χ1n) is 7.83. The maximum atomic E-state index is 12.1. The monoisotopic (exact) mass is 292 g/mol. The molecule has 0 radical (unpaired) electrons. The molecule has 0 saturated carbocycles. The minimum Gasteiger partial charge on any atom is -0.495 e. The van der Waals surface area contributed by atoms with E-state index in [9.17, 15) is 4.79 Å². The highest BCUT2D eigenvalue weighted by atomic mass is 16.5. The van der Waals surface area contributed by atoms with Crippen LogP contribution < -0.4 is 10.1 Å². The summed E-state index contributed by atoms with van der Waals surface area (Å²) in [5, 5.41) is 2.96. The summed E-state index contributed by atoms with van der Waals surface area (Å²) < 4.78 is 5.30. The van der Waals surface area contributed by atoms with E-state index in [-0.39, 0.29) is 5.91 Å². The number of rotatable bonds is 9. The molecule has 1 rings (SSSR count). The molecule has 0 aliphatic heterocycles. The molecule has 0 bridgehead atoms. The summed E-state index contributed by atoms with van der Waals surface area (Å²) in [6.07, 6.45) is 2.36. The second-order valence-corrected chi connectivity index (χ2v) is 5.07. The average molecular weight is 292 g/mol. The fraction of sp³-hybridized carbons (Fsp3) is 0.588. The molecule has 1 N–H and O–H groups in total. The highest BCUT2D eigenvalue weighted by Gasteiger charge is 2.09. The fourth-order valence-electron chi connectivity index (χ4n) is 2.29. The van der Waals surface area contributed by atoms with Gasteiger partial charge < -0.3 is 15.0 Å². The first-order valence-corrected chi connectivity index (χ1v) is 7.83. The quantitative estimate of drug-likeness (QED) is 0.759. The second-order valence-electron chi connectivity index (χ2n) is 5.07. The Morgan fingerprint density at radius 2 is 1.95 bits per heavy atom. The van der Waals surface area contributed by atoms with Gasteiger partial charge in [-0.3, -0.25) is 4.79 Å². The number of ether oxygens (including phenoxy) is 1. The standard InChI is InChI=1S/C17H28N2O2/c1-5-14-10-11-16(21-4)15(13-14)18-17(20)9-8-12-19(6-2)7-3/h10-11,13H,5-9,12H2,1-4H3,(H,18,20). The Morgan fingerprint density at radius 3 is 2.52 bits per heavy atom. The summed E-state index contributed by atoms with van der Waals surface area (Å²) in [7, 11) is 1.62. The minimum atomic E-state index is 0.0497. The van der Waals surface area contributed by atoms with Crippen LogP contribution in [0.3, 0.4) is 0 Å². The van der Waals surface area contributed by atoms with Crippen molar-refractivity contribution < 1.29 is 9.53 Å². The van der Waals surface area contributed by atoms with Crippen molar-refractivity contribution in [3.63, 3.8) is 0 Å². The van der Waals surface area contributed by atoms with E-state index >= 15 is 0 Å². The number of methoxy groups -OCH3 is 1. The van der Waals surface area contributed by atoms with Crippen LogP contribution in [-0.4, -0.2) is 37.6 Å². The molecule has 4 heteroatoms. The summed E-state index contributed by atoms with van der Waals surface area (Å²) in [5.41, 5.74) is 1.96. The van der Waals surface area contributed by atoms with Crippen LogP contribution in [0.25, 0.3) is 0 Å². The van der Waals surface area contributed by atoms with Gasteiger partial charge in [-0.1, -0.05) is 26.8 Å². The van der Waals surface area contributed by atoms with E-state index in [2.05, 4.69) is 31.0 Å². The lowest BCUT2D eigenvalue weighted by molar-refractivity contribution is -0.116. The minimum absolute atomic E-state index is 0.0497. The summed E-state index contributed by atoms with van der Waals surface area (Å²) in [5.74, 6) is 0.762. The highest BCUT2D eigenvalue weighted by Crippen LogP contribution is 2.25. The van der Waals surface area contributed by atoms with Crippen LogP contribution in [0.1, 0.15) is 39.2 Å². The van der Waals surface area contributed by atoms with E-state index in [1.165, 1.54) is 5.56 Å². The molecule has 118 valence electrons. The normalized spacial score (nSPS) is 10.7. The molecule has 0 heterocycles. The van der Waals surface area contributed by atoms with Crippen molar-refractivity contribution in [3.05, 3.63) is 23.8 Å². The molecule has 21 heavy (non-hydrogen) atoms. The smallest absolute Gasteiger partial charge is 0.224 e. The second kappa shape index (κ2) is 9.40. The molecule has 4 nitrogen and oxygen atoms in total. The number of anilines is 1. The van der Waals surface area contributed by atoms with E-state index in [1.54, 1.807) is 7.11 Å². The first-order chi connectivity index (χ1) is 10.1. The predicted octanol–water partition coefficient (Wildman–Crippen LogP) is 3.32. The molecular weight excluding hydrogens is 264 g/mol. The number of carbonyl (C=O) groups is 1. The third kappa shape index (κ3) is 5.76. The fourth-order valence-corrected chi connectivity index (χ4v) is 2.29. The van der Waals surface area contributed by atoms with Gasteiger partial charge in [0.2, 0.25) is 5.91 Å². The summed E-state index contributed by atoms with van der Waals surface area (Å²) in [6, 6.07) is 5.92. The third-order valence-corrected chi connectivity index (χ3v) is 3.72. The molecular formula is C17H28N2O2. The van der Waals surface area contributed by atoms with Gasteiger partial charge >= 0.3 is 0 Å². The van der Waals surface area contributed by atoms with E-state index in [1.807, 2.05) is 18.2 Å². The molecule has 0 atom stereocenters. The predicted molar refractivity (Wildman–Crippen MR) is 88.0 cm³/mol. The first kappa shape index (κ1) is 17.5. The zero-order chi connectivity index (χ0) is 15.7. The van der Waals surface area contributed by atoms with Gasteiger partial charge in [-0.05, 0) is 50.2 Å². The summed E-state index contributed by atoms with van der Waals surface area (Å²) in [4.78, 5) is 14.4. The zero-order valence-corrected chi connectivity index (χ0v) is 13.7. The van der Waals surface area contributed by atoms with Crippen molar-refractivity contribution in [3.8, 4) is 5.75 Å². The number of hydrogen-bond acceptors (Lipinski definition) is 3. The van der Waals surface area contributed by atoms with E-state index in [4.69, 9.17) is 4.74 Å². The van der Waals surface area contributed by atoms with Crippen LogP contribution in [0.5, 0.6) is 5.75 Å². The van der Waals surface area contributed by atoms with Crippen molar-refractivity contribution in [2.45, 2.75) is 40.0 Å². The maximum Gasteiger partial charge on any atom is 0.224 e. The van der Waals surface area contributed by atoms with Crippen LogP contribution in [0, 0.1) is 0 Å². The van der Waals surface area contributed by atoms with Crippen LogP contribution in [0.2, 0.25) is 0 Å². The van der Waals surface area contributed by atoms with Gasteiger partial charge in [0.1, 0.15) is 5.75 Å². The Kier molecular flexibility index (Phi) is 7.83. The summed E-state index contributed by atoms with van der Waals surface area (Å²) in [6.45, 7) is 9.41. The third-order valence-electron chi connectivity index (χ3n) is 3.72. The van der Waals surface area contributed by atoms with Gasteiger partial charge in [-0.15, -0.1) is 0 Å². The molecule has 1 aromatic carbocycles. The molecule has 1 aromatic rings. The van der Waals surface area contributed by atoms with Crippen LogP contribution in [-0.2, 0) is 11.2 Å². The van der Waals surface area contributed by atoms with Gasteiger partial charge in [0, 0.05) is 6.42 Å². The summed E-state index contributed by atoms with van der Waals surface area (Å²) >= 11 is 0. The van der Waals surface area contributed by atoms with Gasteiger partial charge in [0.25, 0.3) is 0 Å². The van der Waals surface area contributed by atoms with Crippen LogP contribution >= 0.6 is 0 Å². The van der Waals surface area contributed by atoms with Crippen molar-refractivity contribution in [2.75, 3.05) is 32.1 Å². The molecule has 0 aliphatic carbocycles. The van der Waals surface area contributed by atoms with Gasteiger partial charge in [-0.2, -0.15) is 0 Å². The molecule has 0 saturated heterocycles. The highest BCUT2D eigenvalue weighted by molar-refractivity contribution is 5.92. The lowest BCUT2D eigenvalue weighted by Gasteiger charge is -2.17. The number of nitrogens with zero attached hydrogens (tertiary/aromatic N) is 1. The lowest BCUT2D eigenvalue weighted by atomic mass is 10.1. The lowest BCUT2D eigenvalue weighted by Crippen LogP contribution is -2.25. The molecule has 0 aliphatic rings.